The van der Waals surface area contributed by atoms with Crippen LogP contribution in [0.4, 0.5) is 15.8 Å². The lowest BCUT2D eigenvalue weighted by Gasteiger charge is -2.36. The van der Waals surface area contributed by atoms with Crippen LogP contribution in [-0.2, 0) is 9.59 Å². The molecule has 0 unspecified atom stereocenters. The molecule has 0 radical (unpaired) electrons. The van der Waals surface area contributed by atoms with Gasteiger partial charge in [-0.05, 0) is 36.4 Å². The lowest BCUT2D eigenvalue weighted by Crippen LogP contribution is -2.49. The number of para-hydroxylation sites is 1. The fourth-order valence-corrected chi connectivity index (χ4v) is 4.57. The lowest BCUT2D eigenvalue weighted by molar-refractivity contribution is -0.131. The Bertz CT molecular complexity index is 866. The van der Waals surface area contributed by atoms with E-state index in [1.54, 1.807) is 28.8 Å². The number of benzene rings is 2. The van der Waals surface area contributed by atoms with Crippen molar-refractivity contribution >= 4 is 35.0 Å². The predicted molar refractivity (Wildman–Crippen MR) is 109 cm³/mol. The van der Waals surface area contributed by atoms with Crippen molar-refractivity contribution in [3.8, 4) is 0 Å². The van der Waals surface area contributed by atoms with Crippen LogP contribution in [0.15, 0.2) is 53.4 Å². The van der Waals surface area contributed by atoms with E-state index >= 15 is 0 Å². The van der Waals surface area contributed by atoms with Gasteiger partial charge in [0.05, 0.1) is 11.4 Å². The highest BCUT2D eigenvalue weighted by Crippen LogP contribution is 2.34. The van der Waals surface area contributed by atoms with E-state index < -0.39 is 0 Å². The molecule has 0 spiro atoms. The van der Waals surface area contributed by atoms with Gasteiger partial charge in [-0.2, -0.15) is 0 Å². The normalized spacial score (nSPS) is 16.9. The first-order chi connectivity index (χ1) is 13.6. The summed E-state index contributed by atoms with van der Waals surface area (Å²) in [6.07, 6.45) is 0.321. The Morgan fingerprint density at radius 2 is 1.71 bits per heavy atom. The maximum atomic E-state index is 13.1. The molecule has 1 saturated heterocycles. The fraction of sp³-hybridized carbons (Fsp3) is 0.333. The van der Waals surface area contributed by atoms with Gasteiger partial charge in [-0.25, -0.2) is 4.39 Å². The number of anilines is 2. The quantitative estimate of drug-likeness (QED) is 0.793. The number of rotatable bonds is 4. The number of halogens is 1. The van der Waals surface area contributed by atoms with Crippen molar-refractivity contribution in [1.82, 2.24) is 4.90 Å². The Morgan fingerprint density at radius 3 is 2.46 bits per heavy atom. The molecule has 1 fully saturated rings. The molecule has 2 aliphatic rings. The van der Waals surface area contributed by atoms with Crippen LogP contribution in [0.25, 0.3) is 0 Å². The third kappa shape index (κ3) is 3.99. The summed E-state index contributed by atoms with van der Waals surface area (Å²) in [6.45, 7) is 3.12. The molecule has 2 amide bonds. The van der Waals surface area contributed by atoms with Crippen LogP contribution in [0, 0.1) is 5.82 Å². The summed E-state index contributed by atoms with van der Waals surface area (Å²) in [4.78, 5) is 31.8. The van der Waals surface area contributed by atoms with Crippen LogP contribution in [0.2, 0.25) is 0 Å². The number of thioether (sulfide) groups is 1. The molecule has 28 heavy (non-hydrogen) atoms. The Kier molecular flexibility index (Phi) is 5.52. The molecule has 7 heteroatoms. The summed E-state index contributed by atoms with van der Waals surface area (Å²) < 4.78 is 13.1. The number of nitrogens with zero attached hydrogens (tertiary/aromatic N) is 3. The van der Waals surface area contributed by atoms with Crippen molar-refractivity contribution in [2.75, 3.05) is 48.3 Å². The smallest absolute Gasteiger partial charge is 0.237 e. The minimum Gasteiger partial charge on any atom is -0.368 e. The minimum atomic E-state index is -0.246. The van der Waals surface area contributed by atoms with E-state index in [0.29, 0.717) is 31.8 Å². The molecular weight excluding hydrogens is 377 g/mol. The topological polar surface area (TPSA) is 43.9 Å². The van der Waals surface area contributed by atoms with Crippen LogP contribution in [0.1, 0.15) is 6.42 Å². The summed E-state index contributed by atoms with van der Waals surface area (Å²) in [5.41, 5.74) is 1.87. The molecule has 0 aromatic heterocycles. The average molecular weight is 399 g/mol. The van der Waals surface area contributed by atoms with Gasteiger partial charge >= 0.3 is 0 Å². The standard InChI is InChI=1S/C21H22FN3O2S/c22-16-5-7-17(8-6-16)23-11-13-24(14-12-23)20(26)9-10-25-18-3-1-2-4-19(18)28-15-21(25)27/h1-8H,9-15H2. The summed E-state index contributed by atoms with van der Waals surface area (Å²) in [6, 6.07) is 14.3. The van der Waals surface area contributed by atoms with Crippen molar-refractivity contribution < 1.29 is 14.0 Å². The molecule has 0 N–H and O–H groups in total. The van der Waals surface area contributed by atoms with Crippen molar-refractivity contribution in [3.63, 3.8) is 0 Å². The molecule has 2 aliphatic heterocycles. The van der Waals surface area contributed by atoms with Gasteiger partial charge in [0.15, 0.2) is 0 Å². The largest absolute Gasteiger partial charge is 0.368 e. The Morgan fingerprint density at radius 1 is 1.00 bits per heavy atom. The van der Waals surface area contributed by atoms with Gasteiger partial charge in [0.1, 0.15) is 5.82 Å². The Labute approximate surface area is 168 Å². The number of fused-ring (bicyclic) bond motifs is 1. The van der Waals surface area contributed by atoms with Gasteiger partial charge < -0.3 is 14.7 Å². The van der Waals surface area contributed by atoms with E-state index in [1.807, 2.05) is 29.2 Å². The van der Waals surface area contributed by atoms with E-state index in [-0.39, 0.29) is 17.6 Å². The van der Waals surface area contributed by atoms with Crippen LogP contribution in [0.3, 0.4) is 0 Å². The molecular formula is C21H22FN3O2S. The van der Waals surface area contributed by atoms with Crippen molar-refractivity contribution in [3.05, 3.63) is 54.3 Å². The van der Waals surface area contributed by atoms with E-state index in [0.717, 1.165) is 29.4 Å². The van der Waals surface area contributed by atoms with Crippen molar-refractivity contribution in [1.29, 1.82) is 0 Å². The molecule has 0 bridgehead atoms. The monoisotopic (exact) mass is 399 g/mol. The maximum absolute atomic E-state index is 13.1. The van der Waals surface area contributed by atoms with Gasteiger partial charge in [0.2, 0.25) is 11.8 Å². The SMILES string of the molecule is O=C(CCN1C(=O)CSc2ccccc21)N1CCN(c2ccc(F)cc2)CC1. The number of piperazine rings is 1. The van der Waals surface area contributed by atoms with E-state index in [1.165, 1.54) is 12.1 Å². The average Bonchev–Trinajstić information content (AvgIpc) is 2.73. The number of carbonyl (C=O) groups excluding carboxylic acids is 2. The highest BCUT2D eigenvalue weighted by Gasteiger charge is 2.26. The molecule has 0 aliphatic carbocycles. The van der Waals surface area contributed by atoms with Gasteiger partial charge in [-0.1, -0.05) is 12.1 Å². The molecule has 0 atom stereocenters. The van der Waals surface area contributed by atoms with E-state index in [4.69, 9.17) is 0 Å². The van der Waals surface area contributed by atoms with Gasteiger partial charge in [0.25, 0.3) is 0 Å². The summed E-state index contributed by atoms with van der Waals surface area (Å²) in [5, 5.41) is 0. The first kappa shape index (κ1) is 18.8. The molecule has 0 saturated carbocycles. The first-order valence-electron chi connectivity index (χ1n) is 9.42. The Balaban J connectivity index is 1.32. The van der Waals surface area contributed by atoms with Crippen LogP contribution >= 0.6 is 11.8 Å². The van der Waals surface area contributed by atoms with Gasteiger partial charge in [0, 0.05) is 49.7 Å². The third-order valence-electron chi connectivity index (χ3n) is 5.18. The molecule has 2 aromatic rings. The van der Waals surface area contributed by atoms with Gasteiger partial charge in [-0.3, -0.25) is 9.59 Å². The number of carbonyl (C=O) groups is 2. The number of amides is 2. The zero-order chi connectivity index (χ0) is 19.5. The minimum absolute atomic E-state index is 0.0534. The first-order valence-corrected chi connectivity index (χ1v) is 10.4. The van der Waals surface area contributed by atoms with Crippen molar-refractivity contribution in [2.24, 2.45) is 0 Å². The fourth-order valence-electron chi connectivity index (χ4n) is 3.63. The maximum Gasteiger partial charge on any atom is 0.237 e. The second-order valence-corrected chi connectivity index (χ2v) is 7.91. The molecule has 146 valence electrons. The third-order valence-corrected chi connectivity index (χ3v) is 6.23. The van der Waals surface area contributed by atoms with Crippen LogP contribution < -0.4 is 9.80 Å². The molecule has 5 nitrogen and oxygen atoms in total. The molecule has 2 heterocycles. The molecule has 2 aromatic carbocycles. The molecule has 4 rings (SSSR count). The number of hydrogen-bond acceptors (Lipinski definition) is 4. The highest BCUT2D eigenvalue weighted by atomic mass is 32.2. The zero-order valence-corrected chi connectivity index (χ0v) is 16.3. The van der Waals surface area contributed by atoms with Crippen LogP contribution in [0.5, 0.6) is 0 Å². The summed E-state index contributed by atoms with van der Waals surface area (Å²) >= 11 is 1.55. The zero-order valence-electron chi connectivity index (χ0n) is 15.5. The predicted octanol–water partition coefficient (Wildman–Crippen LogP) is 3.00. The Hall–Kier alpha value is -2.54. The highest BCUT2D eigenvalue weighted by molar-refractivity contribution is 8.00. The summed E-state index contributed by atoms with van der Waals surface area (Å²) in [5.74, 6) is 0.298. The summed E-state index contributed by atoms with van der Waals surface area (Å²) in [7, 11) is 0. The second kappa shape index (κ2) is 8.22. The van der Waals surface area contributed by atoms with E-state index in [2.05, 4.69) is 4.90 Å². The van der Waals surface area contributed by atoms with E-state index in [9.17, 15) is 14.0 Å². The van der Waals surface area contributed by atoms with Crippen molar-refractivity contribution in [2.45, 2.75) is 11.3 Å². The lowest BCUT2D eigenvalue weighted by atomic mass is 10.2. The second-order valence-electron chi connectivity index (χ2n) is 6.90. The number of hydrogen-bond donors (Lipinski definition) is 0. The van der Waals surface area contributed by atoms with Crippen LogP contribution in [-0.4, -0.2) is 55.2 Å². The van der Waals surface area contributed by atoms with Gasteiger partial charge in [-0.15, -0.1) is 11.8 Å².